The van der Waals surface area contributed by atoms with E-state index >= 15 is 0 Å². The van der Waals surface area contributed by atoms with E-state index < -0.39 is 0 Å². The molecule has 15 heavy (non-hydrogen) atoms. The normalized spacial score (nSPS) is 24.6. The van der Waals surface area contributed by atoms with Crippen molar-refractivity contribution >= 4 is 5.91 Å². The van der Waals surface area contributed by atoms with Gasteiger partial charge in [0.05, 0.1) is 5.66 Å². The van der Waals surface area contributed by atoms with E-state index in [2.05, 4.69) is 5.32 Å². The van der Waals surface area contributed by atoms with Gasteiger partial charge in [-0.3, -0.25) is 10.1 Å². The molecule has 0 bridgehead atoms. The summed E-state index contributed by atoms with van der Waals surface area (Å²) in [7, 11) is 1.83. The first kappa shape index (κ1) is 10.2. The molecule has 0 unspecified atom stereocenters. The van der Waals surface area contributed by atoms with Crippen molar-refractivity contribution in [3.8, 4) is 0 Å². The molecule has 80 valence electrons. The summed E-state index contributed by atoms with van der Waals surface area (Å²) in [6, 6.07) is 9.62. The number of nitrogens with one attached hydrogen (secondary N) is 1. The highest BCUT2D eigenvalue weighted by Gasteiger charge is 2.42. The largest absolute Gasteiger partial charge is 0.326 e. The van der Waals surface area contributed by atoms with Crippen molar-refractivity contribution < 1.29 is 4.79 Å². The molecule has 0 radical (unpaired) electrons. The molecule has 0 spiro atoms. The van der Waals surface area contributed by atoms with Gasteiger partial charge in [0.1, 0.15) is 6.04 Å². The molecule has 1 fully saturated rings. The van der Waals surface area contributed by atoms with Gasteiger partial charge >= 0.3 is 0 Å². The Morgan fingerprint density at radius 3 is 2.33 bits per heavy atom. The molecule has 1 amide bonds. The highest BCUT2D eigenvalue weighted by atomic mass is 16.2. The van der Waals surface area contributed by atoms with Crippen LogP contribution >= 0.6 is 0 Å². The molecule has 1 atom stereocenters. The van der Waals surface area contributed by atoms with Gasteiger partial charge in [0, 0.05) is 7.05 Å². The monoisotopic (exact) mass is 204 g/mol. The molecule has 1 aromatic rings. The molecule has 0 saturated carbocycles. The number of likely N-dealkylation sites (N-methyl/N-ethyl adjacent to an activating group) is 1. The minimum absolute atomic E-state index is 0.131. The standard InChI is InChI=1S/C12H16N2O/c1-12(2)13-10(11(15)14(12)3)9-7-5-4-6-8-9/h4-8,10,13H,1-3H3/t10-/m0/s1. The number of carbonyl (C=O) groups is 1. The van der Waals surface area contributed by atoms with Crippen LogP contribution in [0, 0.1) is 0 Å². The van der Waals surface area contributed by atoms with Crippen LogP contribution in [0.5, 0.6) is 0 Å². The Kier molecular flexibility index (Phi) is 2.27. The molecule has 1 aliphatic rings. The van der Waals surface area contributed by atoms with Crippen molar-refractivity contribution in [2.75, 3.05) is 7.05 Å². The van der Waals surface area contributed by atoms with Gasteiger partial charge in [-0.15, -0.1) is 0 Å². The number of hydrogen-bond acceptors (Lipinski definition) is 2. The summed E-state index contributed by atoms with van der Waals surface area (Å²) in [6.45, 7) is 4.02. The highest BCUT2D eigenvalue weighted by Crippen LogP contribution is 2.28. The maximum absolute atomic E-state index is 12.0. The fraction of sp³-hybridized carbons (Fsp3) is 0.417. The average Bonchev–Trinajstić information content (AvgIpc) is 2.44. The van der Waals surface area contributed by atoms with Gasteiger partial charge in [0.2, 0.25) is 5.91 Å². The Balaban J connectivity index is 2.31. The fourth-order valence-corrected chi connectivity index (χ4v) is 1.85. The summed E-state index contributed by atoms with van der Waals surface area (Å²) in [5.41, 5.74) is 0.761. The van der Waals surface area contributed by atoms with Crippen molar-refractivity contribution in [1.29, 1.82) is 0 Å². The van der Waals surface area contributed by atoms with Gasteiger partial charge in [-0.05, 0) is 19.4 Å². The third-order valence-electron chi connectivity index (χ3n) is 3.05. The summed E-state index contributed by atoms with van der Waals surface area (Å²) in [4.78, 5) is 13.7. The summed E-state index contributed by atoms with van der Waals surface area (Å²) in [6.07, 6.45) is 0. The van der Waals surface area contributed by atoms with E-state index in [4.69, 9.17) is 0 Å². The van der Waals surface area contributed by atoms with E-state index in [1.165, 1.54) is 0 Å². The van der Waals surface area contributed by atoms with Gasteiger partial charge in [0.15, 0.2) is 0 Å². The number of nitrogens with zero attached hydrogens (tertiary/aromatic N) is 1. The zero-order chi connectivity index (χ0) is 11.1. The van der Waals surface area contributed by atoms with Gasteiger partial charge in [-0.1, -0.05) is 30.3 Å². The first-order valence-electron chi connectivity index (χ1n) is 5.13. The fourth-order valence-electron chi connectivity index (χ4n) is 1.85. The van der Waals surface area contributed by atoms with E-state index in [0.717, 1.165) is 5.56 Å². The second-order valence-electron chi connectivity index (χ2n) is 4.44. The van der Waals surface area contributed by atoms with E-state index in [1.54, 1.807) is 4.90 Å². The van der Waals surface area contributed by atoms with Gasteiger partial charge in [-0.2, -0.15) is 0 Å². The summed E-state index contributed by atoms with van der Waals surface area (Å²) < 4.78 is 0. The minimum atomic E-state index is -0.266. The molecule has 3 nitrogen and oxygen atoms in total. The number of benzene rings is 1. The predicted octanol–water partition coefficient (Wildman–Crippen LogP) is 1.53. The predicted molar refractivity (Wildman–Crippen MR) is 59.2 cm³/mol. The van der Waals surface area contributed by atoms with Gasteiger partial charge < -0.3 is 4.90 Å². The van der Waals surface area contributed by atoms with Crippen LogP contribution in [0.1, 0.15) is 25.5 Å². The second-order valence-corrected chi connectivity index (χ2v) is 4.44. The number of carbonyl (C=O) groups excluding carboxylic acids is 1. The quantitative estimate of drug-likeness (QED) is 0.752. The summed E-state index contributed by atoms with van der Waals surface area (Å²) in [5, 5.41) is 3.32. The Labute approximate surface area is 90.1 Å². The van der Waals surface area contributed by atoms with Crippen LogP contribution in [0.3, 0.4) is 0 Å². The highest BCUT2D eigenvalue weighted by molar-refractivity contribution is 5.86. The lowest BCUT2D eigenvalue weighted by Crippen LogP contribution is -2.44. The van der Waals surface area contributed by atoms with Crippen LogP contribution in [0.4, 0.5) is 0 Å². The molecule has 0 aromatic heterocycles. The first-order valence-corrected chi connectivity index (χ1v) is 5.13. The van der Waals surface area contributed by atoms with Crippen LogP contribution in [0.2, 0.25) is 0 Å². The molecule has 3 heteroatoms. The van der Waals surface area contributed by atoms with E-state index in [0.29, 0.717) is 0 Å². The molecule has 1 heterocycles. The third kappa shape index (κ3) is 1.63. The molecule has 1 aromatic carbocycles. The third-order valence-corrected chi connectivity index (χ3v) is 3.05. The van der Waals surface area contributed by atoms with Crippen LogP contribution in [0.15, 0.2) is 30.3 Å². The lowest BCUT2D eigenvalue weighted by molar-refractivity contribution is -0.130. The number of amides is 1. The van der Waals surface area contributed by atoms with Crippen LogP contribution in [-0.2, 0) is 4.79 Å². The Morgan fingerprint density at radius 1 is 1.27 bits per heavy atom. The maximum Gasteiger partial charge on any atom is 0.245 e. The SMILES string of the molecule is CN1C(=O)[C@H](c2ccccc2)NC1(C)C. The second kappa shape index (κ2) is 3.35. The minimum Gasteiger partial charge on any atom is -0.326 e. The maximum atomic E-state index is 12.0. The lowest BCUT2D eigenvalue weighted by Gasteiger charge is -2.26. The van der Waals surface area contributed by atoms with Gasteiger partial charge in [-0.25, -0.2) is 0 Å². The molecule has 1 aliphatic heterocycles. The van der Waals surface area contributed by atoms with Crippen molar-refractivity contribution in [1.82, 2.24) is 10.2 Å². The zero-order valence-corrected chi connectivity index (χ0v) is 9.32. The first-order chi connectivity index (χ1) is 7.02. The summed E-state index contributed by atoms with van der Waals surface area (Å²) >= 11 is 0. The van der Waals surface area contributed by atoms with Crippen molar-refractivity contribution in [2.24, 2.45) is 0 Å². The van der Waals surface area contributed by atoms with Crippen LogP contribution in [-0.4, -0.2) is 23.5 Å². The summed E-state index contributed by atoms with van der Waals surface area (Å²) in [5.74, 6) is 0.131. The molecular weight excluding hydrogens is 188 g/mol. The van der Waals surface area contributed by atoms with Crippen LogP contribution < -0.4 is 5.32 Å². The smallest absolute Gasteiger partial charge is 0.245 e. The zero-order valence-electron chi connectivity index (χ0n) is 9.32. The van der Waals surface area contributed by atoms with Crippen molar-refractivity contribution in [2.45, 2.75) is 25.6 Å². The Bertz CT molecular complexity index is 372. The topological polar surface area (TPSA) is 32.3 Å². The number of hydrogen-bond donors (Lipinski definition) is 1. The number of rotatable bonds is 1. The van der Waals surface area contributed by atoms with Crippen LogP contribution in [0.25, 0.3) is 0 Å². The average molecular weight is 204 g/mol. The van der Waals surface area contributed by atoms with E-state index in [9.17, 15) is 4.79 Å². The van der Waals surface area contributed by atoms with Gasteiger partial charge in [0.25, 0.3) is 0 Å². The lowest BCUT2D eigenvalue weighted by atomic mass is 10.1. The van der Waals surface area contributed by atoms with Crippen molar-refractivity contribution in [3.63, 3.8) is 0 Å². The molecule has 1 N–H and O–H groups in total. The molecular formula is C12H16N2O. The molecule has 1 saturated heterocycles. The van der Waals surface area contributed by atoms with E-state index in [-0.39, 0.29) is 17.6 Å². The Hall–Kier alpha value is -1.35. The molecule has 2 rings (SSSR count). The molecule has 0 aliphatic carbocycles. The van der Waals surface area contributed by atoms with E-state index in [1.807, 2.05) is 51.2 Å². The van der Waals surface area contributed by atoms with Crippen molar-refractivity contribution in [3.05, 3.63) is 35.9 Å². The Morgan fingerprint density at radius 2 is 1.87 bits per heavy atom.